The molecule has 6 nitrogen and oxygen atoms in total. The fourth-order valence-corrected chi connectivity index (χ4v) is 2.54. The first-order chi connectivity index (χ1) is 12.3. The van der Waals surface area contributed by atoms with E-state index in [1.807, 2.05) is 30.3 Å². The van der Waals surface area contributed by atoms with Crippen LogP contribution in [0.3, 0.4) is 0 Å². The molecule has 2 aliphatic rings. The van der Waals surface area contributed by atoms with Crippen molar-refractivity contribution in [2.24, 2.45) is 5.92 Å². The first-order valence-electron chi connectivity index (χ1n) is 8.52. The third-order valence-electron chi connectivity index (χ3n) is 4.23. The van der Waals surface area contributed by atoms with E-state index in [0.29, 0.717) is 29.8 Å². The maximum Gasteiger partial charge on any atom is 0.264 e. The molecule has 25 heavy (non-hydrogen) atoms. The smallest absolute Gasteiger partial charge is 0.264 e. The van der Waals surface area contributed by atoms with E-state index in [2.05, 4.69) is 10.3 Å². The summed E-state index contributed by atoms with van der Waals surface area (Å²) in [5, 5.41) is 2.85. The minimum absolute atomic E-state index is 0.203. The lowest BCUT2D eigenvalue weighted by atomic mass is 10.2. The Morgan fingerprint density at radius 3 is 2.80 bits per heavy atom. The standard InChI is InChI=1S/C19H20N2O4/c22-19(17-12-23-15-3-1-2-4-16(15)25-17)21-10-14-7-8-18(20-9-14)24-11-13-5-6-13/h1-4,7-9,13,17H,5-6,10-12H2,(H,21,22). The van der Waals surface area contributed by atoms with Gasteiger partial charge >= 0.3 is 0 Å². The zero-order valence-electron chi connectivity index (χ0n) is 13.8. The first-order valence-corrected chi connectivity index (χ1v) is 8.52. The largest absolute Gasteiger partial charge is 0.485 e. The molecule has 0 spiro atoms. The van der Waals surface area contributed by atoms with Crippen LogP contribution < -0.4 is 19.5 Å². The zero-order valence-corrected chi connectivity index (χ0v) is 13.8. The van der Waals surface area contributed by atoms with Crippen LogP contribution in [-0.4, -0.2) is 30.2 Å². The van der Waals surface area contributed by atoms with Crippen LogP contribution in [0.4, 0.5) is 0 Å². The molecule has 1 aliphatic heterocycles. The molecule has 0 bridgehead atoms. The van der Waals surface area contributed by atoms with E-state index in [4.69, 9.17) is 14.2 Å². The molecule has 130 valence electrons. The summed E-state index contributed by atoms with van der Waals surface area (Å²) in [6.07, 6.45) is 3.57. The molecule has 2 heterocycles. The number of fused-ring (bicyclic) bond motifs is 1. The number of carbonyl (C=O) groups excluding carboxylic acids is 1. The van der Waals surface area contributed by atoms with Crippen molar-refractivity contribution in [3.63, 3.8) is 0 Å². The maximum atomic E-state index is 12.3. The number of nitrogens with one attached hydrogen (secondary N) is 1. The molecule has 1 aromatic carbocycles. The molecule has 4 rings (SSSR count). The normalized spacial score (nSPS) is 18.5. The van der Waals surface area contributed by atoms with Crippen LogP contribution in [0.2, 0.25) is 0 Å². The number of hydrogen-bond donors (Lipinski definition) is 1. The van der Waals surface area contributed by atoms with Crippen molar-refractivity contribution in [1.82, 2.24) is 10.3 Å². The van der Waals surface area contributed by atoms with Crippen LogP contribution in [-0.2, 0) is 11.3 Å². The van der Waals surface area contributed by atoms with Gasteiger partial charge in [-0.15, -0.1) is 0 Å². The van der Waals surface area contributed by atoms with E-state index < -0.39 is 6.10 Å². The molecule has 0 saturated heterocycles. The lowest BCUT2D eigenvalue weighted by molar-refractivity contribution is -0.130. The van der Waals surface area contributed by atoms with Crippen LogP contribution in [0.25, 0.3) is 0 Å². The Morgan fingerprint density at radius 2 is 2.04 bits per heavy atom. The lowest BCUT2D eigenvalue weighted by Crippen LogP contribution is -2.43. The number of para-hydroxylation sites is 2. The molecule has 1 amide bonds. The van der Waals surface area contributed by atoms with E-state index in [-0.39, 0.29) is 12.5 Å². The molecule has 1 saturated carbocycles. The molecule has 0 radical (unpaired) electrons. The van der Waals surface area contributed by atoms with Gasteiger partial charge in [-0.05, 0) is 36.5 Å². The average molecular weight is 340 g/mol. The molecule has 1 aliphatic carbocycles. The van der Waals surface area contributed by atoms with Crippen LogP contribution in [0.1, 0.15) is 18.4 Å². The SMILES string of the molecule is O=C(NCc1ccc(OCC2CC2)nc1)C1COc2ccccc2O1. The average Bonchev–Trinajstić information content (AvgIpc) is 3.49. The van der Waals surface area contributed by atoms with Crippen molar-refractivity contribution in [3.05, 3.63) is 48.2 Å². The third-order valence-corrected chi connectivity index (χ3v) is 4.23. The van der Waals surface area contributed by atoms with Crippen molar-refractivity contribution in [1.29, 1.82) is 0 Å². The molecule has 1 fully saturated rings. The molecule has 1 atom stereocenters. The molecule has 6 heteroatoms. The fourth-order valence-electron chi connectivity index (χ4n) is 2.54. The Bertz CT molecular complexity index is 743. The van der Waals surface area contributed by atoms with Gasteiger partial charge in [0.2, 0.25) is 12.0 Å². The second kappa shape index (κ2) is 7.01. The summed E-state index contributed by atoms with van der Waals surface area (Å²) in [4.78, 5) is 16.5. The van der Waals surface area contributed by atoms with Gasteiger partial charge in [-0.2, -0.15) is 0 Å². The van der Waals surface area contributed by atoms with Crippen molar-refractivity contribution >= 4 is 5.91 Å². The van der Waals surface area contributed by atoms with Crippen molar-refractivity contribution in [2.75, 3.05) is 13.2 Å². The van der Waals surface area contributed by atoms with Crippen LogP contribution in [0, 0.1) is 5.92 Å². The number of rotatable bonds is 6. The Morgan fingerprint density at radius 1 is 1.20 bits per heavy atom. The zero-order chi connectivity index (χ0) is 17.1. The molecule has 1 unspecified atom stereocenters. The van der Waals surface area contributed by atoms with Gasteiger partial charge in [0.05, 0.1) is 6.61 Å². The summed E-state index contributed by atoms with van der Waals surface area (Å²) in [5.74, 6) is 2.38. The summed E-state index contributed by atoms with van der Waals surface area (Å²) in [5.41, 5.74) is 0.907. The minimum atomic E-state index is -0.649. The van der Waals surface area contributed by atoms with Crippen LogP contribution in [0.15, 0.2) is 42.6 Å². The lowest BCUT2D eigenvalue weighted by Gasteiger charge is -2.25. The number of pyridine rings is 1. The van der Waals surface area contributed by atoms with Crippen molar-refractivity contribution in [2.45, 2.75) is 25.5 Å². The highest BCUT2D eigenvalue weighted by molar-refractivity contribution is 5.81. The number of nitrogens with zero attached hydrogens (tertiary/aromatic N) is 1. The van der Waals surface area contributed by atoms with Crippen LogP contribution >= 0.6 is 0 Å². The van der Waals surface area contributed by atoms with E-state index in [1.54, 1.807) is 12.3 Å². The third kappa shape index (κ3) is 4.02. The molecular formula is C19H20N2O4. The quantitative estimate of drug-likeness (QED) is 0.874. The number of hydrogen-bond acceptors (Lipinski definition) is 5. The minimum Gasteiger partial charge on any atom is -0.485 e. The molecular weight excluding hydrogens is 320 g/mol. The Kier molecular flexibility index (Phi) is 4.41. The highest BCUT2D eigenvalue weighted by Gasteiger charge is 2.27. The Hall–Kier alpha value is -2.76. The van der Waals surface area contributed by atoms with Crippen molar-refractivity contribution < 1.29 is 19.0 Å². The first kappa shape index (κ1) is 15.7. The second-order valence-electron chi connectivity index (χ2n) is 6.34. The van der Waals surface area contributed by atoms with Gasteiger partial charge in [-0.25, -0.2) is 4.98 Å². The van der Waals surface area contributed by atoms with Gasteiger partial charge in [-0.1, -0.05) is 18.2 Å². The summed E-state index contributed by atoms with van der Waals surface area (Å²) in [7, 11) is 0. The van der Waals surface area contributed by atoms with E-state index in [0.717, 1.165) is 12.2 Å². The van der Waals surface area contributed by atoms with E-state index in [9.17, 15) is 4.79 Å². The van der Waals surface area contributed by atoms with Gasteiger partial charge in [0, 0.05) is 18.8 Å². The summed E-state index contributed by atoms with van der Waals surface area (Å²) < 4.78 is 16.9. The van der Waals surface area contributed by atoms with Gasteiger partial charge in [0.1, 0.15) is 6.61 Å². The highest BCUT2D eigenvalue weighted by atomic mass is 16.6. The number of benzene rings is 1. The van der Waals surface area contributed by atoms with Crippen LogP contribution in [0.5, 0.6) is 17.4 Å². The number of amides is 1. The van der Waals surface area contributed by atoms with Crippen molar-refractivity contribution in [3.8, 4) is 17.4 Å². The summed E-state index contributed by atoms with van der Waals surface area (Å²) in [6, 6.07) is 11.1. The number of ether oxygens (including phenoxy) is 3. The molecule has 1 N–H and O–H groups in total. The van der Waals surface area contributed by atoms with E-state index >= 15 is 0 Å². The number of carbonyl (C=O) groups is 1. The molecule has 2 aromatic rings. The summed E-state index contributed by atoms with van der Waals surface area (Å²) >= 11 is 0. The monoisotopic (exact) mass is 340 g/mol. The fraction of sp³-hybridized carbons (Fsp3) is 0.368. The molecule has 1 aromatic heterocycles. The predicted octanol–water partition coefficient (Wildman–Crippen LogP) is 2.33. The Balaban J connectivity index is 1.27. The maximum absolute atomic E-state index is 12.3. The van der Waals surface area contributed by atoms with Gasteiger partial charge < -0.3 is 19.5 Å². The highest BCUT2D eigenvalue weighted by Crippen LogP contribution is 2.31. The summed E-state index contributed by atoms with van der Waals surface area (Å²) in [6.45, 7) is 1.33. The van der Waals surface area contributed by atoms with Gasteiger partial charge in [0.15, 0.2) is 11.5 Å². The number of aromatic nitrogens is 1. The topological polar surface area (TPSA) is 69.7 Å². The predicted molar refractivity (Wildman–Crippen MR) is 90.7 cm³/mol. The van der Waals surface area contributed by atoms with E-state index in [1.165, 1.54) is 12.8 Å². The second-order valence-corrected chi connectivity index (χ2v) is 6.34. The van der Waals surface area contributed by atoms with Gasteiger partial charge in [-0.3, -0.25) is 4.79 Å². The Labute approximate surface area is 146 Å². The van der Waals surface area contributed by atoms with Gasteiger partial charge in [0.25, 0.3) is 5.91 Å².